The van der Waals surface area contributed by atoms with Crippen molar-refractivity contribution in [3.8, 4) is 0 Å². The number of fused-ring (bicyclic) bond motifs is 3. The molecule has 5 rings (SSSR count). The zero-order chi connectivity index (χ0) is 33.1. The number of ketones is 3. The first-order chi connectivity index (χ1) is 21.3. The zero-order valence-electron chi connectivity index (χ0n) is 25.4. The second-order valence-corrected chi connectivity index (χ2v) is 12.3. The summed E-state index contributed by atoms with van der Waals surface area (Å²) in [6.45, 7) is 5.61. The lowest BCUT2D eigenvalue weighted by atomic mass is 9.46. The molecule has 1 aromatic rings. The van der Waals surface area contributed by atoms with Gasteiger partial charge in [0.25, 0.3) is 5.91 Å². The number of amides is 1. The number of aliphatic hydroxyl groups is 3. The third-order valence-corrected chi connectivity index (χ3v) is 9.92. The van der Waals surface area contributed by atoms with Crippen LogP contribution in [0.5, 0.6) is 0 Å². The van der Waals surface area contributed by atoms with E-state index in [2.05, 4.69) is 17.0 Å². The number of carbonyl (C=O) groups is 4. The number of carbonyl (C=O) groups excluding carboxylic acids is 4. The molecule has 0 aromatic heterocycles. The monoisotopic (exact) mass is 620 g/mol. The first-order valence-corrected chi connectivity index (χ1v) is 14.7. The second-order valence-electron chi connectivity index (χ2n) is 12.3. The summed E-state index contributed by atoms with van der Waals surface area (Å²) >= 11 is 0. The Bertz CT molecular complexity index is 1640. The van der Waals surface area contributed by atoms with Crippen molar-refractivity contribution in [2.45, 2.75) is 49.9 Å². The molecule has 45 heavy (non-hydrogen) atoms. The molecular formula is C33H37FN4O7. The van der Waals surface area contributed by atoms with Gasteiger partial charge in [0.15, 0.2) is 23.0 Å². The number of aliphatic hydroxyl groups excluding tert-OH is 2. The smallest absolute Gasteiger partial charge is 0.255 e. The fourth-order valence-electron chi connectivity index (χ4n) is 7.96. The lowest BCUT2D eigenvalue weighted by Crippen LogP contribution is -2.72. The number of nitrogens with one attached hydrogen (secondary N) is 1. The Morgan fingerprint density at radius 3 is 2.36 bits per heavy atom. The van der Waals surface area contributed by atoms with Crippen molar-refractivity contribution in [2.24, 2.45) is 22.1 Å². The third-order valence-electron chi connectivity index (χ3n) is 9.92. The molecule has 1 aromatic carbocycles. The number of nitrogens with two attached hydrogens (primary N) is 1. The Morgan fingerprint density at radius 1 is 1.13 bits per heavy atom. The third kappa shape index (κ3) is 4.38. The van der Waals surface area contributed by atoms with Crippen LogP contribution in [-0.2, 0) is 25.7 Å². The minimum absolute atomic E-state index is 0.0109. The predicted octanol–water partition coefficient (Wildman–Crippen LogP) is 1.82. The van der Waals surface area contributed by atoms with Gasteiger partial charge in [0.05, 0.1) is 17.2 Å². The standard InChI is InChI=1S/C33H37FN4O7/c1-5-31-16-32(36-2)14-20-19(18-8-6-17(7-9-18)15-37-13-12-34)10-11-21(39)22(20)25(40)24(32)29(43)33(31,45)28(42)23(30(35)44)26(41)27(31)38(3)4/h6-11,22,27,37,42-43,45H,2,5,12-16H2,1,3-4H3,(H2,35,44)/t22?,27?,31-,32+,33+/m0/s1. The number of aliphatic imine (C=N–C) groups is 1. The average Bonchev–Trinajstić information content (AvgIpc) is 2.99. The van der Waals surface area contributed by atoms with E-state index in [1.165, 1.54) is 11.0 Å². The van der Waals surface area contributed by atoms with Crippen molar-refractivity contribution in [3.63, 3.8) is 0 Å². The van der Waals surface area contributed by atoms with Gasteiger partial charge in [-0.2, -0.15) is 0 Å². The molecule has 1 amide bonds. The summed E-state index contributed by atoms with van der Waals surface area (Å²) in [5.74, 6) is -7.00. The minimum Gasteiger partial charge on any atom is -0.508 e. The van der Waals surface area contributed by atoms with E-state index in [4.69, 9.17) is 5.73 Å². The minimum atomic E-state index is -2.78. The molecule has 0 aliphatic heterocycles. The van der Waals surface area contributed by atoms with Gasteiger partial charge in [0.1, 0.15) is 29.7 Å². The van der Waals surface area contributed by atoms with Crippen LogP contribution < -0.4 is 11.1 Å². The molecule has 0 radical (unpaired) electrons. The maximum Gasteiger partial charge on any atom is 0.255 e. The summed E-state index contributed by atoms with van der Waals surface area (Å²) in [6, 6.07) is 6.09. The average molecular weight is 621 g/mol. The SMILES string of the molecule is C=N[C@@]12CC3=C(c4ccc(CNCCF)cc4)C=CC(=O)C3C(=O)C1=C(O)[C@]1(O)C(O)=C(C(N)=O)C(=O)C(N(C)C)[C@]1(CC)C2. The normalized spacial score (nSPS) is 31.3. The molecule has 2 unspecified atom stereocenters. The van der Waals surface area contributed by atoms with Crippen LogP contribution in [0.15, 0.2) is 69.6 Å². The first-order valence-electron chi connectivity index (χ1n) is 14.7. The highest BCUT2D eigenvalue weighted by molar-refractivity contribution is 6.23. The fraction of sp³-hybridized carbons (Fsp3) is 0.424. The molecule has 1 fully saturated rings. The highest BCUT2D eigenvalue weighted by Crippen LogP contribution is 2.64. The van der Waals surface area contributed by atoms with Gasteiger partial charge >= 0.3 is 0 Å². The fourth-order valence-corrected chi connectivity index (χ4v) is 7.96. The van der Waals surface area contributed by atoms with Crippen LogP contribution in [0.1, 0.15) is 37.3 Å². The number of rotatable bonds is 9. The van der Waals surface area contributed by atoms with Crippen molar-refractivity contribution in [3.05, 3.63) is 75.8 Å². The Hall–Kier alpha value is -4.26. The Kier molecular flexibility index (Phi) is 8.05. The largest absolute Gasteiger partial charge is 0.508 e. The summed E-state index contributed by atoms with van der Waals surface area (Å²) in [5, 5.41) is 38.6. The van der Waals surface area contributed by atoms with Crippen LogP contribution >= 0.6 is 0 Å². The quantitative estimate of drug-likeness (QED) is 0.119. The van der Waals surface area contributed by atoms with E-state index in [0.717, 1.165) is 5.56 Å². The first kappa shape index (κ1) is 32.1. The number of benzene rings is 1. The van der Waals surface area contributed by atoms with E-state index in [0.29, 0.717) is 23.3 Å². The summed E-state index contributed by atoms with van der Waals surface area (Å²) in [5.41, 5.74) is 0.749. The Morgan fingerprint density at radius 2 is 1.80 bits per heavy atom. The molecule has 12 heteroatoms. The van der Waals surface area contributed by atoms with E-state index in [1.807, 2.05) is 24.3 Å². The van der Waals surface area contributed by atoms with Crippen LogP contribution in [0.4, 0.5) is 4.39 Å². The summed E-state index contributed by atoms with van der Waals surface area (Å²) in [7, 11) is 3.10. The number of Topliss-reactive ketones (excluding diaryl/α,β-unsaturated/α-hetero) is 2. The number of allylic oxidation sites excluding steroid dienone is 3. The van der Waals surface area contributed by atoms with Crippen molar-refractivity contribution < 1.29 is 38.9 Å². The Balaban J connectivity index is 1.75. The molecule has 5 atom stereocenters. The van der Waals surface area contributed by atoms with Crippen molar-refractivity contribution in [1.29, 1.82) is 0 Å². The van der Waals surface area contributed by atoms with Gasteiger partial charge in [-0.25, -0.2) is 4.39 Å². The van der Waals surface area contributed by atoms with Crippen molar-refractivity contribution >= 4 is 35.5 Å². The molecule has 238 valence electrons. The zero-order valence-corrected chi connectivity index (χ0v) is 25.4. The molecule has 0 heterocycles. The molecule has 1 saturated carbocycles. The molecule has 0 bridgehead atoms. The maximum absolute atomic E-state index is 14.4. The van der Waals surface area contributed by atoms with Crippen LogP contribution in [0, 0.1) is 11.3 Å². The molecule has 6 N–H and O–H groups in total. The maximum atomic E-state index is 14.4. The van der Waals surface area contributed by atoms with E-state index in [9.17, 15) is 38.9 Å². The van der Waals surface area contributed by atoms with Gasteiger partial charge in [-0.1, -0.05) is 37.3 Å². The van der Waals surface area contributed by atoms with Gasteiger partial charge in [0, 0.05) is 24.9 Å². The topological polar surface area (TPSA) is 183 Å². The number of primary amides is 1. The molecular weight excluding hydrogens is 583 g/mol. The molecule has 0 spiro atoms. The number of hydrogen-bond donors (Lipinski definition) is 5. The number of hydrogen-bond acceptors (Lipinski definition) is 10. The number of nitrogens with zero attached hydrogens (tertiary/aromatic N) is 2. The summed E-state index contributed by atoms with van der Waals surface area (Å²) in [4.78, 5) is 59.7. The number of halogens is 1. The predicted molar refractivity (Wildman–Crippen MR) is 164 cm³/mol. The van der Waals surface area contributed by atoms with Gasteiger partial charge in [-0.05, 0) is 62.0 Å². The van der Waals surface area contributed by atoms with E-state index < -0.39 is 81.1 Å². The van der Waals surface area contributed by atoms with Crippen LogP contribution in [0.3, 0.4) is 0 Å². The van der Waals surface area contributed by atoms with Gasteiger partial charge in [-0.15, -0.1) is 0 Å². The van der Waals surface area contributed by atoms with Crippen molar-refractivity contribution in [2.75, 3.05) is 27.3 Å². The number of alkyl halides is 1. The van der Waals surface area contributed by atoms with Gasteiger partial charge in [-0.3, -0.25) is 29.1 Å². The van der Waals surface area contributed by atoms with E-state index >= 15 is 0 Å². The van der Waals surface area contributed by atoms with Gasteiger partial charge < -0.3 is 26.4 Å². The molecule has 4 aliphatic rings. The lowest BCUT2D eigenvalue weighted by molar-refractivity contribution is -0.163. The van der Waals surface area contributed by atoms with Crippen LogP contribution in [0.25, 0.3) is 5.57 Å². The summed E-state index contributed by atoms with van der Waals surface area (Å²) in [6.07, 6.45) is 2.59. The summed E-state index contributed by atoms with van der Waals surface area (Å²) < 4.78 is 12.5. The van der Waals surface area contributed by atoms with Gasteiger partial charge in [0.2, 0.25) is 0 Å². The van der Waals surface area contributed by atoms with Crippen LogP contribution in [0.2, 0.25) is 0 Å². The van der Waals surface area contributed by atoms with E-state index in [-0.39, 0.29) is 25.8 Å². The molecule has 0 saturated heterocycles. The Labute approximate surface area is 259 Å². The van der Waals surface area contributed by atoms with Crippen LogP contribution in [-0.4, -0.2) is 94.7 Å². The highest BCUT2D eigenvalue weighted by atomic mass is 19.1. The van der Waals surface area contributed by atoms with Crippen molar-refractivity contribution in [1.82, 2.24) is 10.2 Å². The van der Waals surface area contributed by atoms with E-state index in [1.54, 1.807) is 27.1 Å². The molecule has 11 nitrogen and oxygen atoms in total. The molecule has 4 aliphatic carbocycles. The highest BCUT2D eigenvalue weighted by Gasteiger charge is 2.73. The lowest BCUT2D eigenvalue weighted by Gasteiger charge is -2.61. The second kappa shape index (κ2) is 11.3. The number of likely N-dealkylation sites (N-methyl/N-ethyl adjacent to an activating group) is 1.